The Morgan fingerprint density at radius 2 is 1.82 bits per heavy atom. The molecule has 2 aromatic heterocycles. The average Bonchev–Trinajstić information content (AvgIpc) is 3.43. The molecular weight excluding hydrogens is 372 g/mol. The maximum absolute atomic E-state index is 12.8. The number of carbonyl (C=O) groups excluding carboxylic acids is 2. The van der Waals surface area contributed by atoms with Crippen molar-refractivity contribution in [3.05, 3.63) is 76.5 Å². The molecule has 0 bridgehead atoms. The van der Waals surface area contributed by atoms with Gasteiger partial charge in [0.2, 0.25) is 0 Å². The second kappa shape index (κ2) is 8.50. The van der Waals surface area contributed by atoms with Gasteiger partial charge < -0.3 is 9.47 Å². The summed E-state index contributed by atoms with van der Waals surface area (Å²) in [5.41, 5.74) is 1.84. The van der Waals surface area contributed by atoms with E-state index >= 15 is 0 Å². The molecule has 0 spiro atoms. The highest BCUT2D eigenvalue weighted by Gasteiger charge is 2.23. The number of carbonyl (C=O) groups is 2. The van der Waals surface area contributed by atoms with E-state index in [0.29, 0.717) is 25.2 Å². The number of amides is 1. The number of ketones is 1. The van der Waals surface area contributed by atoms with Gasteiger partial charge in [0.1, 0.15) is 0 Å². The monoisotopic (exact) mass is 394 g/mol. The highest BCUT2D eigenvalue weighted by molar-refractivity contribution is 7.12. The summed E-state index contributed by atoms with van der Waals surface area (Å²) in [7, 11) is 0. The second-order valence-electron chi connectivity index (χ2n) is 6.90. The van der Waals surface area contributed by atoms with Crippen molar-refractivity contribution in [3.8, 4) is 0 Å². The van der Waals surface area contributed by atoms with Crippen LogP contribution in [0.1, 0.15) is 25.6 Å². The van der Waals surface area contributed by atoms with Gasteiger partial charge in [-0.05, 0) is 29.1 Å². The van der Waals surface area contributed by atoms with Crippen molar-refractivity contribution in [2.24, 2.45) is 0 Å². The molecule has 0 radical (unpaired) electrons. The van der Waals surface area contributed by atoms with Crippen LogP contribution in [-0.4, -0.2) is 63.8 Å². The van der Waals surface area contributed by atoms with E-state index < -0.39 is 0 Å². The van der Waals surface area contributed by atoms with E-state index in [1.54, 1.807) is 12.5 Å². The molecule has 1 aliphatic rings. The molecule has 0 N–H and O–H groups in total. The van der Waals surface area contributed by atoms with Crippen LogP contribution >= 0.6 is 11.3 Å². The molecule has 0 aliphatic carbocycles. The Kier molecular flexibility index (Phi) is 5.64. The molecule has 3 heterocycles. The van der Waals surface area contributed by atoms with Crippen LogP contribution < -0.4 is 0 Å². The summed E-state index contributed by atoms with van der Waals surface area (Å²) >= 11 is 1.48. The lowest BCUT2D eigenvalue weighted by Crippen LogP contribution is -2.49. The summed E-state index contributed by atoms with van der Waals surface area (Å²) < 4.78 is 1.99. The Morgan fingerprint density at radius 1 is 1.04 bits per heavy atom. The third-order valence-electron chi connectivity index (χ3n) is 4.95. The number of nitrogens with zero attached hydrogens (tertiary/aromatic N) is 4. The van der Waals surface area contributed by atoms with Crippen molar-refractivity contribution in [3.63, 3.8) is 0 Å². The van der Waals surface area contributed by atoms with E-state index in [0.717, 1.165) is 30.1 Å². The van der Waals surface area contributed by atoms with E-state index in [4.69, 9.17) is 0 Å². The van der Waals surface area contributed by atoms with Crippen molar-refractivity contribution in [2.75, 3.05) is 32.7 Å². The number of hydrogen-bond donors (Lipinski definition) is 0. The smallest absolute Gasteiger partial charge is 0.253 e. The van der Waals surface area contributed by atoms with E-state index in [9.17, 15) is 9.59 Å². The van der Waals surface area contributed by atoms with Crippen LogP contribution in [0.4, 0.5) is 0 Å². The second-order valence-corrected chi connectivity index (χ2v) is 7.85. The first-order valence-electron chi connectivity index (χ1n) is 9.32. The lowest BCUT2D eigenvalue weighted by molar-refractivity contribution is 0.0625. The Balaban J connectivity index is 1.29. The Hall–Kier alpha value is -2.77. The first-order valence-corrected chi connectivity index (χ1v) is 10.2. The van der Waals surface area contributed by atoms with Crippen molar-refractivity contribution in [1.29, 1.82) is 0 Å². The number of rotatable bonds is 6. The highest BCUT2D eigenvalue weighted by Crippen LogP contribution is 2.14. The fourth-order valence-electron chi connectivity index (χ4n) is 3.35. The van der Waals surface area contributed by atoms with Crippen LogP contribution in [0.25, 0.3) is 0 Å². The molecule has 0 unspecified atom stereocenters. The summed E-state index contributed by atoms with van der Waals surface area (Å²) in [4.78, 5) is 33.8. The normalized spacial score (nSPS) is 14.9. The molecule has 1 amide bonds. The van der Waals surface area contributed by atoms with Crippen molar-refractivity contribution in [2.45, 2.75) is 6.54 Å². The van der Waals surface area contributed by atoms with E-state index in [-0.39, 0.29) is 11.7 Å². The van der Waals surface area contributed by atoms with Gasteiger partial charge >= 0.3 is 0 Å². The lowest BCUT2D eigenvalue weighted by Gasteiger charge is -2.34. The predicted molar refractivity (Wildman–Crippen MR) is 109 cm³/mol. The summed E-state index contributed by atoms with van der Waals surface area (Å²) in [5.74, 6) is 0.210. The Bertz CT molecular complexity index is 912. The molecule has 1 aliphatic heterocycles. The zero-order valence-corrected chi connectivity index (χ0v) is 16.3. The highest BCUT2D eigenvalue weighted by atomic mass is 32.1. The van der Waals surface area contributed by atoms with Gasteiger partial charge in [-0.25, -0.2) is 4.98 Å². The number of Topliss-reactive ketones (excluding diaryl/α,β-unsaturated/α-hetero) is 1. The minimum atomic E-state index is 0.0541. The van der Waals surface area contributed by atoms with Crippen LogP contribution in [0.15, 0.2) is 60.5 Å². The molecule has 1 aromatic carbocycles. The molecule has 28 heavy (non-hydrogen) atoms. The van der Waals surface area contributed by atoms with E-state index in [1.807, 2.05) is 57.4 Å². The number of hydrogen-bond acceptors (Lipinski definition) is 5. The molecule has 1 saturated heterocycles. The zero-order valence-electron chi connectivity index (χ0n) is 15.5. The van der Waals surface area contributed by atoms with Crippen molar-refractivity contribution >= 4 is 23.0 Å². The van der Waals surface area contributed by atoms with Gasteiger partial charge in [0.05, 0.1) is 17.7 Å². The van der Waals surface area contributed by atoms with E-state index in [1.165, 1.54) is 11.3 Å². The van der Waals surface area contributed by atoms with Crippen LogP contribution in [0.3, 0.4) is 0 Å². The topological polar surface area (TPSA) is 58.4 Å². The number of imidazole rings is 1. The molecule has 0 saturated carbocycles. The van der Waals surface area contributed by atoms with Crippen LogP contribution in [0.5, 0.6) is 0 Å². The standard InChI is InChI=1S/C21H22N4O2S/c26-19(20-2-1-13-28-20)15-23-9-11-25(12-10-23)21(27)18-5-3-17(4-6-18)14-24-8-7-22-16-24/h1-8,13,16H,9-12,14-15H2. The van der Waals surface area contributed by atoms with Gasteiger partial charge in [-0.15, -0.1) is 11.3 Å². The first-order chi connectivity index (χ1) is 13.7. The minimum Gasteiger partial charge on any atom is -0.336 e. The minimum absolute atomic E-state index is 0.0541. The SMILES string of the molecule is O=C(CN1CCN(C(=O)c2ccc(Cn3ccnc3)cc2)CC1)c1cccs1. The molecule has 6 nitrogen and oxygen atoms in total. The van der Waals surface area contributed by atoms with Gasteiger partial charge in [0.25, 0.3) is 5.91 Å². The van der Waals surface area contributed by atoms with Gasteiger partial charge in [-0.3, -0.25) is 14.5 Å². The van der Waals surface area contributed by atoms with Crippen LogP contribution in [0, 0.1) is 0 Å². The maximum atomic E-state index is 12.8. The number of aromatic nitrogens is 2. The third kappa shape index (κ3) is 4.37. The third-order valence-corrected chi connectivity index (χ3v) is 5.86. The molecule has 1 fully saturated rings. The Labute approximate surface area is 168 Å². The number of benzene rings is 1. The molecule has 144 valence electrons. The summed E-state index contributed by atoms with van der Waals surface area (Å²) in [5, 5.41) is 1.92. The number of thiophene rings is 1. The number of piperazine rings is 1. The van der Waals surface area contributed by atoms with Gasteiger partial charge in [0, 0.05) is 50.7 Å². The summed E-state index contributed by atoms with van der Waals surface area (Å²) in [6.45, 7) is 3.90. The lowest BCUT2D eigenvalue weighted by atomic mass is 10.1. The quantitative estimate of drug-likeness (QED) is 0.603. The largest absolute Gasteiger partial charge is 0.336 e. The van der Waals surface area contributed by atoms with Gasteiger partial charge in [-0.1, -0.05) is 18.2 Å². The Morgan fingerprint density at radius 3 is 2.46 bits per heavy atom. The maximum Gasteiger partial charge on any atom is 0.253 e. The molecule has 4 rings (SSSR count). The molecule has 3 aromatic rings. The average molecular weight is 395 g/mol. The van der Waals surface area contributed by atoms with Crippen LogP contribution in [-0.2, 0) is 6.54 Å². The van der Waals surface area contributed by atoms with Gasteiger partial charge in [-0.2, -0.15) is 0 Å². The predicted octanol–water partition coefficient (Wildman–Crippen LogP) is 2.63. The van der Waals surface area contributed by atoms with Crippen molar-refractivity contribution < 1.29 is 9.59 Å². The molecule has 0 atom stereocenters. The fourth-order valence-corrected chi connectivity index (χ4v) is 4.01. The molecular formula is C21H22N4O2S. The van der Waals surface area contributed by atoms with Gasteiger partial charge in [0.15, 0.2) is 5.78 Å². The first kappa shape index (κ1) is 18.6. The zero-order chi connectivity index (χ0) is 19.3. The summed E-state index contributed by atoms with van der Waals surface area (Å²) in [6, 6.07) is 11.5. The van der Waals surface area contributed by atoms with Crippen molar-refractivity contribution in [1.82, 2.24) is 19.4 Å². The summed E-state index contributed by atoms with van der Waals surface area (Å²) in [6.07, 6.45) is 5.45. The molecule has 7 heteroatoms. The van der Waals surface area contributed by atoms with Crippen LogP contribution in [0.2, 0.25) is 0 Å². The van der Waals surface area contributed by atoms with E-state index in [2.05, 4.69) is 9.88 Å². The fraction of sp³-hybridized carbons (Fsp3) is 0.286.